The molecule has 0 bridgehead atoms. The van der Waals surface area contributed by atoms with Gasteiger partial charge in [-0.2, -0.15) is 11.3 Å². The van der Waals surface area contributed by atoms with Crippen LogP contribution in [0.2, 0.25) is 0 Å². The van der Waals surface area contributed by atoms with Crippen molar-refractivity contribution in [1.82, 2.24) is 10.2 Å². The summed E-state index contributed by atoms with van der Waals surface area (Å²) in [5, 5.41) is 27.6. The van der Waals surface area contributed by atoms with Crippen LogP contribution in [0.1, 0.15) is 25.3 Å². The molecule has 0 radical (unpaired) electrons. The van der Waals surface area contributed by atoms with Gasteiger partial charge in [-0.15, -0.1) is 11.8 Å². The van der Waals surface area contributed by atoms with E-state index in [0.717, 1.165) is 16.7 Å². The van der Waals surface area contributed by atoms with Gasteiger partial charge in [0.15, 0.2) is 0 Å². The van der Waals surface area contributed by atoms with Gasteiger partial charge in [0.1, 0.15) is 11.3 Å². The summed E-state index contributed by atoms with van der Waals surface area (Å²) in [5.74, 6) is -6.39. The maximum atomic E-state index is 12.7. The van der Waals surface area contributed by atoms with Crippen molar-refractivity contribution < 1.29 is 93.2 Å². The number of β-lactam (4-membered cyclic amide) rings is 1. The first-order valence-corrected chi connectivity index (χ1v) is 9.70. The number of carboxylic acid groups (broad SMARTS) is 2. The van der Waals surface area contributed by atoms with E-state index in [2.05, 4.69) is 5.32 Å². The number of amides is 2. The van der Waals surface area contributed by atoms with Crippen LogP contribution in [0.4, 0.5) is 0 Å². The minimum Gasteiger partial charge on any atom is -0.549 e. The molecule has 1 aromatic heterocycles. The Morgan fingerprint density at radius 2 is 1.90 bits per heavy atom. The summed E-state index contributed by atoms with van der Waals surface area (Å²) >= 11 is 2.34. The maximum absolute atomic E-state index is 12.7. The molecule has 13 heteroatoms. The second-order valence-electron chi connectivity index (χ2n) is 6.75. The molecule has 2 amide bonds. The molecule has 9 nitrogen and oxygen atoms in total. The van der Waals surface area contributed by atoms with Crippen molar-refractivity contribution in [3.05, 3.63) is 22.4 Å². The smallest absolute Gasteiger partial charge is 0.549 e. The molecule has 2 aliphatic heterocycles. The van der Waals surface area contributed by atoms with Crippen LogP contribution in [0.25, 0.3) is 0 Å². The van der Waals surface area contributed by atoms with Gasteiger partial charge < -0.3 is 34.8 Å². The molecule has 29 heavy (non-hydrogen) atoms. The molecule has 0 aromatic carbocycles. The second-order valence-corrected chi connectivity index (χ2v) is 9.26. The van der Waals surface area contributed by atoms with Crippen LogP contribution < -0.4 is 74.6 Å². The molecule has 1 N–H and O–H groups in total. The van der Waals surface area contributed by atoms with Crippen molar-refractivity contribution in [3.63, 3.8) is 0 Å². The fraction of sp³-hybridized carbons (Fsp3) is 0.500. The predicted molar refractivity (Wildman–Crippen MR) is 91.0 cm³/mol. The van der Waals surface area contributed by atoms with Gasteiger partial charge in [0.05, 0.1) is 18.0 Å². The first-order chi connectivity index (χ1) is 12.6. The minimum atomic E-state index is -1.85. The van der Waals surface area contributed by atoms with Crippen LogP contribution in [0, 0.1) is 0 Å². The first kappa shape index (κ1) is 26.9. The van der Waals surface area contributed by atoms with Crippen molar-refractivity contribution in [2.75, 3.05) is 7.11 Å². The van der Waals surface area contributed by atoms with Gasteiger partial charge in [0, 0.05) is 11.9 Å². The number of thiophene rings is 1. The van der Waals surface area contributed by atoms with E-state index in [-0.39, 0.29) is 64.7 Å². The molecule has 2 fully saturated rings. The van der Waals surface area contributed by atoms with Crippen LogP contribution in [0.3, 0.4) is 0 Å². The molecule has 2 saturated heterocycles. The quantitative estimate of drug-likeness (QED) is 0.192. The number of nitrogens with zero attached hydrogens (tertiary/aromatic N) is 1. The Labute approximate surface area is 219 Å². The summed E-state index contributed by atoms with van der Waals surface area (Å²) < 4.78 is 4.39. The molecule has 1 aromatic rings. The fourth-order valence-electron chi connectivity index (χ4n) is 3.45. The molecule has 0 spiro atoms. The number of rotatable bonds is 6. The molecule has 1 unspecified atom stereocenters. The minimum absolute atomic E-state index is 0. The standard InChI is InChI=1S/C16H18N2O7S2.2Na/c1-15(2)9(12(22)23)18-13(24)16(25-3,14(18)27-15)17-10(19)8(11(20)21)7-4-5-26-6-7;;/h4-6,8-9,14H,1-3H3,(H,17,19)(H,20,21)(H,22,23);;/q;2*+1/p-2/t8?,9-,14+,16-;;/m0../s1. The summed E-state index contributed by atoms with van der Waals surface area (Å²) in [5.41, 5.74) is -1.63. The molecule has 0 aliphatic carbocycles. The number of hydrogen-bond donors (Lipinski definition) is 1. The monoisotopic (exact) mass is 458 g/mol. The molecule has 146 valence electrons. The van der Waals surface area contributed by atoms with Crippen LogP contribution >= 0.6 is 23.1 Å². The second kappa shape index (κ2) is 9.58. The molecule has 4 atom stereocenters. The third-order valence-corrected chi connectivity index (χ3v) is 7.05. The van der Waals surface area contributed by atoms with Gasteiger partial charge in [-0.25, -0.2) is 0 Å². The Balaban J connectivity index is 0.00000210. The number of methoxy groups -OCH3 is 1. The van der Waals surface area contributed by atoms with Crippen molar-refractivity contribution in [2.24, 2.45) is 0 Å². The zero-order chi connectivity index (χ0) is 20.1. The van der Waals surface area contributed by atoms with E-state index < -0.39 is 51.6 Å². The summed E-state index contributed by atoms with van der Waals surface area (Å²) in [6.07, 6.45) is 0. The number of fused-ring (bicyclic) bond motifs is 1. The molecule has 3 heterocycles. The number of nitrogens with one attached hydrogen (secondary N) is 1. The van der Waals surface area contributed by atoms with Gasteiger partial charge in [-0.3, -0.25) is 9.59 Å². The third kappa shape index (κ3) is 4.31. The largest absolute Gasteiger partial charge is 1.00 e. The molecule has 3 rings (SSSR count). The number of ether oxygens (including phenoxy) is 1. The van der Waals surface area contributed by atoms with E-state index in [0.29, 0.717) is 0 Å². The Morgan fingerprint density at radius 3 is 2.34 bits per heavy atom. The molecule has 0 saturated carbocycles. The number of carbonyl (C=O) groups is 4. The number of aliphatic carboxylic acids is 2. The van der Waals surface area contributed by atoms with E-state index in [4.69, 9.17) is 4.74 Å². The summed E-state index contributed by atoms with van der Waals surface area (Å²) in [7, 11) is 1.19. The van der Waals surface area contributed by atoms with E-state index in [1.54, 1.807) is 19.2 Å². The fourth-order valence-corrected chi connectivity index (χ4v) is 5.81. The van der Waals surface area contributed by atoms with Crippen LogP contribution in [0.5, 0.6) is 0 Å². The summed E-state index contributed by atoms with van der Waals surface area (Å²) in [6.45, 7) is 3.28. The van der Waals surface area contributed by atoms with E-state index in [1.165, 1.54) is 29.9 Å². The first-order valence-electron chi connectivity index (χ1n) is 7.88. The summed E-state index contributed by atoms with van der Waals surface area (Å²) in [4.78, 5) is 49.4. The van der Waals surface area contributed by atoms with Crippen LogP contribution in [0.15, 0.2) is 16.8 Å². The molecular weight excluding hydrogens is 442 g/mol. The molecular formula is C16H16N2Na2O7S2. The van der Waals surface area contributed by atoms with E-state index >= 15 is 0 Å². The van der Waals surface area contributed by atoms with E-state index in [9.17, 15) is 29.4 Å². The number of thioether (sulfide) groups is 1. The maximum Gasteiger partial charge on any atom is 1.00 e. The van der Waals surface area contributed by atoms with Crippen molar-refractivity contribution in [3.8, 4) is 0 Å². The third-order valence-electron chi connectivity index (χ3n) is 4.73. The normalized spacial score (nSPS) is 27.6. The zero-order valence-corrected chi connectivity index (χ0v) is 22.2. The Morgan fingerprint density at radius 1 is 1.28 bits per heavy atom. The number of carbonyl (C=O) groups excluding carboxylic acids is 4. The van der Waals surface area contributed by atoms with Crippen molar-refractivity contribution in [1.29, 1.82) is 0 Å². The van der Waals surface area contributed by atoms with Crippen molar-refractivity contribution >= 4 is 46.9 Å². The molecule has 2 aliphatic rings. The van der Waals surface area contributed by atoms with Gasteiger partial charge >= 0.3 is 59.1 Å². The van der Waals surface area contributed by atoms with Gasteiger partial charge in [0.25, 0.3) is 11.6 Å². The van der Waals surface area contributed by atoms with Crippen molar-refractivity contribution in [2.45, 2.75) is 41.7 Å². The SMILES string of the molecule is CO[C@@]1(NC(=O)C(C(=O)[O-])c2ccsc2)C(=O)N2[C@@H](C(=O)[O-])C(C)(C)S[C@@H]21.[Na+].[Na+]. The Kier molecular flexibility index (Phi) is 8.89. The number of carboxylic acids is 2. The van der Waals surface area contributed by atoms with E-state index in [1.807, 2.05) is 0 Å². The Hall–Kier alpha value is -0.110. The topological polar surface area (TPSA) is 139 Å². The average Bonchev–Trinajstić information content (AvgIpc) is 3.16. The number of hydrogen-bond acceptors (Lipinski definition) is 9. The average molecular weight is 458 g/mol. The van der Waals surface area contributed by atoms with Crippen LogP contribution in [-0.2, 0) is 23.9 Å². The van der Waals surface area contributed by atoms with Gasteiger partial charge in [0.2, 0.25) is 5.91 Å². The Bertz CT molecular complexity index is 820. The van der Waals surface area contributed by atoms with Crippen LogP contribution in [-0.4, -0.2) is 57.7 Å². The zero-order valence-electron chi connectivity index (χ0n) is 16.6. The summed E-state index contributed by atoms with van der Waals surface area (Å²) in [6, 6.07) is 0.271. The van der Waals surface area contributed by atoms with Gasteiger partial charge in [-0.05, 0) is 36.2 Å². The van der Waals surface area contributed by atoms with Gasteiger partial charge in [-0.1, -0.05) is 0 Å². The predicted octanol–water partition coefficient (Wildman–Crippen LogP) is -8.14.